The molecule has 1 atom stereocenters. The van der Waals surface area contributed by atoms with Crippen LogP contribution in [0.5, 0.6) is 0 Å². The quantitative estimate of drug-likeness (QED) is 0.738. The van der Waals surface area contributed by atoms with E-state index in [1.807, 2.05) is 12.4 Å². The lowest BCUT2D eigenvalue weighted by molar-refractivity contribution is 0.626. The summed E-state index contributed by atoms with van der Waals surface area (Å²) in [6.45, 7) is 1.02. The van der Waals surface area contributed by atoms with E-state index in [0.717, 1.165) is 18.5 Å². The van der Waals surface area contributed by atoms with Crippen molar-refractivity contribution in [3.05, 3.63) is 42.2 Å². The van der Waals surface area contributed by atoms with Crippen LogP contribution in [0.4, 0.5) is 0 Å². The number of fused-ring (bicyclic) bond motifs is 1. The summed E-state index contributed by atoms with van der Waals surface area (Å²) in [7, 11) is 0. The van der Waals surface area contributed by atoms with E-state index in [4.69, 9.17) is 0 Å². The first-order valence-corrected chi connectivity index (χ1v) is 5.25. The highest BCUT2D eigenvalue weighted by Crippen LogP contribution is 2.24. The third-order valence-corrected chi connectivity index (χ3v) is 2.96. The molecule has 0 aliphatic carbocycles. The molecule has 3 rings (SSSR count). The summed E-state index contributed by atoms with van der Waals surface area (Å²) >= 11 is 0. The van der Waals surface area contributed by atoms with Crippen molar-refractivity contribution < 1.29 is 0 Å². The smallest absolute Gasteiger partial charge is 0.0653 e. The van der Waals surface area contributed by atoms with Gasteiger partial charge in [0.1, 0.15) is 0 Å². The highest BCUT2D eigenvalue weighted by Gasteiger charge is 2.12. The van der Waals surface area contributed by atoms with E-state index in [1.165, 1.54) is 10.9 Å². The molecule has 1 aromatic carbocycles. The molecule has 2 N–H and O–H groups in total. The second-order valence-electron chi connectivity index (χ2n) is 3.96. The monoisotopic (exact) mass is 199 g/mol. The second-order valence-corrected chi connectivity index (χ2v) is 3.96. The Morgan fingerprint density at radius 3 is 3.20 bits per heavy atom. The zero-order chi connectivity index (χ0) is 10.1. The molecule has 2 aromatic rings. The number of benzene rings is 1. The molecule has 0 radical (unpaired) electrons. The van der Waals surface area contributed by atoms with Crippen molar-refractivity contribution in [3.63, 3.8) is 0 Å². The largest absolute Gasteiger partial charge is 0.391 e. The van der Waals surface area contributed by atoms with E-state index in [9.17, 15) is 0 Å². The lowest BCUT2D eigenvalue weighted by Crippen LogP contribution is -2.19. The van der Waals surface area contributed by atoms with Gasteiger partial charge in [-0.05, 0) is 24.3 Å². The Labute approximate surface area is 88.2 Å². The van der Waals surface area contributed by atoms with E-state index in [2.05, 4.69) is 39.8 Å². The molecule has 76 valence electrons. The molecule has 1 aliphatic rings. The number of hydrogen-bond donors (Lipinski definition) is 2. The molecular weight excluding hydrogens is 186 g/mol. The maximum Gasteiger partial charge on any atom is 0.0653 e. The number of aromatic amines is 1. The first-order valence-electron chi connectivity index (χ1n) is 5.25. The summed E-state index contributed by atoms with van der Waals surface area (Å²) in [6.07, 6.45) is 7.20. The molecule has 2 heterocycles. The summed E-state index contributed by atoms with van der Waals surface area (Å²) in [5.74, 6) is 0.586. The van der Waals surface area contributed by atoms with Crippen molar-refractivity contribution in [2.24, 2.45) is 0 Å². The van der Waals surface area contributed by atoms with Crippen LogP contribution in [0, 0.1) is 0 Å². The molecule has 3 heteroatoms. The fourth-order valence-corrected chi connectivity index (χ4v) is 2.07. The normalized spacial score (nSPS) is 20.4. The Kier molecular flexibility index (Phi) is 1.95. The third kappa shape index (κ3) is 1.50. The predicted octanol–water partition coefficient (Wildman–Crippen LogP) is 2.15. The first kappa shape index (κ1) is 8.53. The summed E-state index contributed by atoms with van der Waals surface area (Å²) in [5, 5.41) is 11.5. The lowest BCUT2D eigenvalue weighted by atomic mass is 9.93. The van der Waals surface area contributed by atoms with Crippen LogP contribution >= 0.6 is 0 Å². The van der Waals surface area contributed by atoms with E-state index in [0.29, 0.717) is 5.92 Å². The topological polar surface area (TPSA) is 40.7 Å². The molecule has 0 saturated carbocycles. The van der Waals surface area contributed by atoms with Gasteiger partial charge in [0.2, 0.25) is 0 Å². The van der Waals surface area contributed by atoms with Gasteiger partial charge in [-0.1, -0.05) is 18.2 Å². The first-order chi connectivity index (χ1) is 7.43. The fourth-order valence-electron chi connectivity index (χ4n) is 2.07. The summed E-state index contributed by atoms with van der Waals surface area (Å²) in [6, 6.07) is 6.53. The van der Waals surface area contributed by atoms with Gasteiger partial charge in [-0.15, -0.1) is 0 Å². The number of hydrogen-bond acceptors (Lipinski definition) is 2. The van der Waals surface area contributed by atoms with Gasteiger partial charge in [-0.2, -0.15) is 5.10 Å². The fraction of sp³-hybridized carbons (Fsp3) is 0.250. The van der Waals surface area contributed by atoms with Gasteiger partial charge >= 0.3 is 0 Å². The predicted molar refractivity (Wildman–Crippen MR) is 60.6 cm³/mol. The number of aromatic nitrogens is 2. The average molecular weight is 199 g/mol. The van der Waals surface area contributed by atoms with E-state index >= 15 is 0 Å². The number of rotatable bonds is 1. The molecule has 3 nitrogen and oxygen atoms in total. The van der Waals surface area contributed by atoms with Gasteiger partial charge in [0.15, 0.2) is 0 Å². The zero-order valence-corrected chi connectivity index (χ0v) is 8.40. The van der Waals surface area contributed by atoms with Crippen LogP contribution in [0.15, 0.2) is 36.7 Å². The minimum absolute atomic E-state index is 0.586. The summed E-state index contributed by atoms with van der Waals surface area (Å²) < 4.78 is 0. The molecule has 0 bridgehead atoms. The molecule has 0 saturated heterocycles. The van der Waals surface area contributed by atoms with Crippen molar-refractivity contribution in [3.8, 4) is 0 Å². The maximum absolute atomic E-state index is 4.03. The molecule has 0 spiro atoms. The molecule has 1 aliphatic heterocycles. The van der Waals surface area contributed by atoms with Gasteiger partial charge < -0.3 is 5.32 Å². The third-order valence-electron chi connectivity index (χ3n) is 2.96. The molecule has 1 aromatic heterocycles. The van der Waals surface area contributed by atoms with Gasteiger partial charge in [-0.3, -0.25) is 5.10 Å². The number of H-pyrrole nitrogens is 1. The van der Waals surface area contributed by atoms with Gasteiger partial charge in [0, 0.05) is 17.8 Å². The molecule has 0 amide bonds. The van der Waals surface area contributed by atoms with Crippen molar-refractivity contribution in [1.29, 1.82) is 0 Å². The van der Waals surface area contributed by atoms with Crippen molar-refractivity contribution >= 4 is 10.9 Å². The van der Waals surface area contributed by atoms with E-state index in [-0.39, 0.29) is 0 Å². The molecule has 15 heavy (non-hydrogen) atoms. The molecule has 0 fully saturated rings. The standard InChI is InChI=1S/C12H13N3/c1-2-10(7-13-5-1)9-3-4-11-8-14-15-12(11)6-9/h1,3-6,8,10,13H,2,7H2,(H,14,15). The Morgan fingerprint density at radius 1 is 1.33 bits per heavy atom. The molecule has 1 unspecified atom stereocenters. The Morgan fingerprint density at radius 2 is 2.33 bits per heavy atom. The van der Waals surface area contributed by atoms with Crippen LogP contribution in [0.2, 0.25) is 0 Å². The van der Waals surface area contributed by atoms with Crippen LogP contribution in [0.1, 0.15) is 17.9 Å². The summed E-state index contributed by atoms with van der Waals surface area (Å²) in [4.78, 5) is 0. The highest BCUT2D eigenvalue weighted by atomic mass is 15.1. The van der Waals surface area contributed by atoms with Crippen molar-refractivity contribution in [1.82, 2.24) is 15.5 Å². The van der Waals surface area contributed by atoms with Crippen molar-refractivity contribution in [2.75, 3.05) is 6.54 Å². The second kappa shape index (κ2) is 3.42. The zero-order valence-electron chi connectivity index (χ0n) is 8.40. The number of nitrogens with one attached hydrogen (secondary N) is 2. The van der Waals surface area contributed by atoms with E-state index in [1.54, 1.807) is 0 Å². The maximum atomic E-state index is 4.03. The Bertz CT molecular complexity index is 498. The average Bonchev–Trinajstić information content (AvgIpc) is 2.77. The van der Waals surface area contributed by atoms with Crippen LogP contribution in [-0.2, 0) is 0 Å². The van der Waals surface area contributed by atoms with Crippen LogP contribution in [-0.4, -0.2) is 16.7 Å². The van der Waals surface area contributed by atoms with Crippen LogP contribution in [0.25, 0.3) is 10.9 Å². The SMILES string of the molecule is C1=CNCC(c2ccc3cn[nH]c3c2)C1. The van der Waals surface area contributed by atoms with Gasteiger partial charge in [0.05, 0.1) is 11.7 Å². The van der Waals surface area contributed by atoms with Gasteiger partial charge in [0.25, 0.3) is 0 Å². The van der Waals surface area contributed by atoms with E-state index < -0.39 is 0 Å². The van der Waals surface area contributed by atoms with Gasteiger partial charge in [-0.25, -0.2) is 0 Å². The molecular formula is C12H13N3. The minimum atomic E-state index is 0.586. The highest BCUT2D eigenvalue weighted by molar-refractivity contribution is 5.78. The number of nitrogens with zero attached hydrogens (tertiary/aromatic N) is 1. The Hall–Kier alpha value is -1.77. The van der Waals surface area contributed by atoms with Crippen LogP contribution < -0.4 is 5.32 Å². The van der Waals surface area contributed by atoms with Crippen molar-refractivity contribution in [2.45, 2.75) is 12.3 Å². The minimum Gasteiger partial charge on any atom is -0.391 e. The van der Waals surface area contributed by atoms with Crippen LogP contribution in [0.3, 0.4) is 0 Å². The lowest BCUT2D eigenvalue weighted by Gasteiger charge is -2.19. The number of allylic oxidation sites excluding steroid dienone is 1. The summed E-state index contributed by atoms with van der Waals surface area (Å²) in [5.41, 5.74) is 2.51. The Balaban J connectivity index is 1.99.